The van der Waals surface area contributed by atoms with Crippen LogP contribution in [0.2, 0.25) is 13.1 Å². The molecule has 0 unspecified atom stereocenters. The number of ether oxygens (including phenoxy) is 2. The number of hydrogen-bond donors (Lipinski definition) is 0. The molecule has 0 radical (unpaired) electrons. The summed E-state index contributed by atoms with van der Waals surface area (Å²) in [6.45, 7) is 9.44. The van der Waals surface area contributed by atoms with Crippen LogP contribution in [0, 0.1) is 5.41 Å². The molecule has 0 rings (SSSR count). The third-order valence-corrected chi connectivity index (χ3v) is 3.66. The van der Waals surface area contributed by atoms with Crippen LogP contribution in [0.15, 0.2) is 0 Å². The van der Waals surface area contributed by atoms with Gasteiger partial charge in [0.2, 0.25) is 0 Å². The van der Waals surface area contributed by atoms with E-state index in [-0.39, 0.29) is 6.42 Å². The molecular weight excluding hydrogens is 252 g/mol. The van der Waals surface area contributed by atoms with Gasteiger partial charge in [-0.2, -0.15) is 0 Å². The van der Waals surface area contributed by atoms with E-state index in [1.54, 1.807) is 0 Å². The molecule has 0 aromatic heterocycles. The van der Waals surface area contributed by atoms with Gasteiger partial charge in [-0.05, 0) is 13.1 Å². The van der Waals surface area contributed by atoms with Gasteiger partial charge >= 0.3 is 11.9 Å². The molecule has 0 saturated heterocycles. The van der Waals surface area contributed by atoms with E-state index in [2.05, 4.69) is 4.74 Å². The van der Waals surface area contributed by atoms with Crippen molar-refractivity contribution >= 4 is 21.0 Å². The molecule has 0 bridgehead atoms. The third kappa shape index (κ3) is 3.81. The second-order valence-corrected chi connectivity index (χ2v) is 7.82. The van der Waals surface area contributed by atoms with Crippen molar-refractivity contribution in [2.24, 2.45) is 5.41 Å². The normalized spacial score (nSPS) is 15.1. The molecule has 0 fully saturated rings. The number of rotatable bonds is 5. The lowest BCUT2D eigenvalue weighted by atomic mass is 9.74. The van der Waals surface area contributed by atoms with Crippen molar-refractivity contribution < 1.29 is 23.5 Å². The Bertz CT molecular complexity index is 308. The van der Waals surface area contributed by atoms with E-state index in [1.165, 1.54) is 14.2 Å². The standard InChI is InChI=1S/C12H24O5Si/c1-11(2,3)12(10(14)16-5,17-18(6)7)8-9(13)15-4/h18H,8H2,1-7H3/t12-/m0/s1. The summed E-state index contributed by atoms with van der Waals surface area (Å²) >= 11 is 0. The first-order chi connectivity index (χ1) is 8.10. The summed E-state index contributed by atoms with van der Waals surface area (Å²) in [7, 11) is 1.04. The zero-order valence-electron chi connectivity index (χ0n) is 12.3. The first kappa shape index (κ1) is 17.1. The molecule has 0 amide bonds. The van der Waals surface area contributed by atoms with Crippen LogP contribution in [0.3, 0.4) is 0 Å². The van der Waals surface area contributed by atoms with Crippen LogP contribution >= 0.6 is 0 Å². The van der Waals surface area contributed by atoms with Crippen molar-refractivity contribution in [1.29, 1.82) is 0 Å². The molecule has 1 atom stereocenters. The highest BCUT2D eigenvalue weighted by atomic mass is 28.3. The van der Waals surface area contributed by atoms with Crippen molar-refractivity contribution in [1.82, 2.24) is 0 Å². The maximum absolute atomic E-state index is 12.1. The monoisotopic (exact) mass is 276 g/mol. The van der Waals surface area contributed by atoms with E-state index in [0.29, 0.717) is 0 Å². The van der Waals surface area contributed by atoms with Gasteiger partial charge in [0.25, 0.3) is 0 Å². The smallest absolute Gasteiger partial charge is 0.338 e. The predicted molar refractivity (Wildman–Crippen MR) is 70.8 cm³/mol. The summed E-state index contributed by atoms with van der Waals surface area (Å²) in [6.07, 6.45) is -0.134. The van der Waals surface area contributed by atoms with Crippen molar-refractivity contribution in [2.45, 2.75) is 45.9 Å². The van der Waals surface area contributed by atoms with Crippen LogP contribution < -0.4 is 0 Å². The van der Waals surface area contributed by atoms with Crippen LogP contribution in [-0.4, -0.2) is 40.8 Å². The Morgan fingerprint density at radius 3 is 1.83 bits per heavy atom. The largest absolute Gasteiger partial charge is 0.469 e. The second kappa shape index (κ2) is 6.33. The van der Waals surface area contributed by atoms with E-state index in [9.17, 15) is 9.59 Å². The summed E-state index contributed by atoms with van der Waals surface area (Å²) in [4.78, 5) is 23.7. The molecule has 0 aromatic carbocycles. The van der Waals surface area contributed by atoms with Gasteiger partial charge in [0.05, 0.1) is 20.6 Å². The summed E-state index contributed by atoms with van der Waals surface area (Å²) in [5, 5.41) is 0. The zero-order chi connectivity index (χ0) is 14.6. The Balaban J connectivity index is 5.55. The average molecular weight is 276 g/mol. The quantitative estimate of drug-likeness (QED) is 0.562. The molecule has 106 valence electrons. The lowest BCUT2D eigenvalue weighted by Gasteiger charge is -2.42. The minimum absolute atomic E-state index is 0.134. The van der Waals surface area contributed by atoms with E-state index in [4.69, 9.17) is 9.16 Å². The number of methoxy groups -OCH3 is 2. The number of esters is 2. The molecule has 0 heterocycles. The Morgan fingerprint density at radius 2 is 1.56 bits per heavy atom. The van der Waals surface area contributed by atoms with Gasteiger partial charge in [-0.3, -0.25) is 4.79 Å². The highest BCUT2D eigenvalue weighted by Gasteiger charge is 2.53. The van der Waals surface area contributed by atoms with Crippen LogP contribution in [0.25, 0.3) is 0 Å². The lowest BCUT2D eigenvalue weighted by molar-refractivity contribution is -0.178. The molecule has 0 aromatic rings. The van der Waals surface area contributed by atoms with Gasteiger partial charge in [0.15, 0.2) is 14.6 Å². The molecular formula is C12H24O5Si. The maximum atomic E-state index is 12.1. The van der Waals surface area contributed by atoms with Gasteiger partial charge < -0.3 is 13.9 Å². The third-order valence-electron chi connectivity index (χ3n) is 2.78. The van der Waals surface area contributed by atoms with Crippen molar-refractivity contribution in [3.63, 3.8) is 0 Å². The fraction of sp³-hybridized carbons (Fsp3) is 0.833. The van der Waals surface area contributed by atoms with Gasteiger partial charge in [-0.15, -0.1) is 0 Å². The molecule has 0 N–H and O–H groups in total. The number of hydrogen-bond acceptors (Lipinski definition) is 5. The minimum Gasteiger partial charge on any atom is -0.469 e. The van der Waals surface area contributed by atoms with E-state index < -0.39 is 32.0 Å². The molecule has 0 spiro atoms. The van der Waals surface area contributed by atoms with E-state index in [0.717, 1.165) is 0 Å². The SMILES string of the molecule is COC(=O)C[C@](O[SiH](C)C)(C(=O)OC)C(C)(C)C. The second-order valence-electron chi connectivity index (χ2n) is 5.49. The first-order valence-electron chi connectivity index (χ1n) is 5.93. The summed E-state index contributed by atoms with van der Waals surface area (Å²) in [5.74, 6) is -1.01. The number of carbonyl (C=O) groups is 2. The van der Waals surface area contributed by atoms with Gasteiger partial charge in [-0.1, -0.05) is 20.8 Å². The van der Waals surface area contributed by atoms with Crippen LogP contribution in [0.1, 0.15) is 27.2 Å². The molecule has 0 aliphatic heterocycles. The van der Waals surface area contributed by atoms with Crippen molar-refractivity contribution in [2.75, 3.05) is 14.2 Å². The summed E-state index contributed by atoms with van der Waals surface area (Å²) in [6, 6.07) is 0. The molecule has 18 heavy (non-hydrogen) atoms. The molecule has 5 nitrogen and oxygen atoms in total. The van der Waals surface area contributed by atoms with E-state index in [1.807, 2.05) is 33.9 Å². The first-order valence-corrected chi connectivity index (χ1v) is 8.72. The number of carbonyl (C=O) groups excluding carboxylic acids is 2. The van der Waals surface area contributed by atoms with Crippen LogP contribution in [0.5, 0.6) is 0 Å². The molecule has 0 aliphatic rings. The van der Waals surface area contributed by atoms with Crippen LogP contribution in [0.4, 0.5) is 0 Å². The van der Waals surface area contributed by atoms with E-state index >= 15 is 0 Å². The Hall–Kier alpha value is -0.883. The van der Waals surface area contributed by atoms with Crippen molar-refractivity contribution in [3.8, 4) is 0 Å². The average Bonchev–Trinajstić information content (AvgIpc) is 2.24. The maximum Gasteiger partial charge on any atom is 0.338 e. The Morgan fingerprint density at radius 1 is 1.06 bits per heavy atom. The molecule has 6 heteroatoms. The highest BCUT2D eigenvalue weighted by Crippen LogP contribution is 2.38. The topological polar surface area (TPSA) is 61.8 Å². The van der Waals surface area contributed by atoms with Crippen LogP contribution in [-0.2, 0) is 23.5 Å². The fourth-order valence-electron chi connectivity index (χ4n) is 1.75. The summed E-state index contributed by atoms with van der Waals surface area (Å²) < 4.78 is 15.4. The highest BCUT2D eigenvalue weighted by molar-refractivity contribution is 6.48. The lowest BCUT2D eigenvalue weighted by Crippen LogP contribution is -2.56. The Kier molecular flexibility index (Phi) is 6.02. The predicted octanol–water partition coefficient (Wildman–Crippen LogP) is 1.51. The zero-order valence-corrected chi connectivity index (χ0v) is 13.5. The fourth-order valence-corrected chi connectivity index (χ4v) is 3.09. The molecule has 0 aliphatic carbocycles. The molecule has 0 saturated carbocycles. The van der Waals surface area contributed by atoms with Gasteiger partial charge in [-0.25, -0.2) is 4.79 Å². The Labute approximate surface area is 111 Å². The van der Waals surface area contributed by atoms with Crippen molar-refractivity contribution in [3.05, 3.63) is 0 Å². The minimum atomic E-state index is -1.54. The summed E-state index contributed by atoms with van der Waals surface area (Å²) in [5.41, 5.74) is -1.85. The van der Waals surface area contributed by atoms with Gasteiger partial charge in [0, 0.05) is 5.41 Å². The van der Waals surface area contributed by atoms with Gasteiger partial charge in [0.1, 0.15) is 0 Å².